The van der Waals surface area contributed by atoms with E-state index in [2.05, 4.69) is 19.7 Å². The van der Waals surface area contributed by atoms with Gasteiger partial charge in [0.15, 0.2) is 11.4 Å². The number of anilines is 1. The summed E-state index contributed by atoms with van der Waals surface area (Å²) < 4.78 is 143. The van der Waals surface area contributed by atoms with Gasteiger partial charge in [0.2, 0.25) is 0 Å². The van der Waals surface area contributed by atoms with Gasteiger partial charge >= 0.3 is 217 Å². The first-order chi connectivity index (χ1) is 24.4. The molecule has 57 heavy (non-hydrogen) atoms. The zero-order valence-corrected chi connectivity index (χ0v) is 46.1. The van der Waals surface area contributed by atoms with Crippen LogP contribution in [0.15, 0.2) is 95.8 Å². The SMILES string of the molecule is COC(=O)C1=NN(c2cc(S(=O)(=O)O)ccc2S(=O)(=O)O)C(=O)/C1=C/C=C/C=C/c1c(C(=O)OC)[nH]n(-c2cc(S(=O)(=O)O)ccc2S(=O)(=O)O)c1=O.[K+].[K+].[K+].[K+]. The van der Waals surface area contributed by atoms with Gasteiger partial charge in [-0.05, 0) is 48.6 Å². The molecule has 0 radical (unpaired) electrons. The summed E-state index contributed by atoms with van der Waals surface area (Å²) in [5.74, 6) is -3.70. The number of hydrogen-bond donors (Lipinski definition) is 5. The second kappa shape index (κ2) is 23.0. The van der Waals surface area contributed by atoms with E-state index in [1.165, 1.54) is 0 Å². The third-order valence-electron chi connectivity index (χ3n) is 6.80. The first-order valence-electron chi connectivity index (χ1n) is 13.6. The Bertz CT molecular complexity index is 2740. The third-order valence-corrected chi connectivity index (χ3v) is 10.3. The Morgan fingerprint density at radius 3 is 1.61 bits per heavy atom. The summed E-state index contributed by atoms with van der Waals surface area (Å²) in [5, 5.41) is 6.18. The average Bonchev–Trinajstić information content (AvgIpc) is 3.57. The van der Waals surface area contributed by atoms with Crippen molar-refractivity contribution in [1.82, 2.24) is 9.78 Å². The van der Waals surface area contributed by atoms with E-state index in [1.807, 2.05) is 0 Å². The van der Waals surface area contributed by atoms with E-state index in [0.717, 1.165) is 44.6 Å². The van der Waals surface area contributed by atoms with Crippen LogP contribution in [0.5, 0.6) is 0 Å². The minimum atomic E-state index is -5.16. The number of esters is 2. The van der Waals surface area contributed by atoms with Crippen LogP contribution in [0.4, 0.5) is 5.69 Å². The number of methoxy groups -OCH3 is 2. The van der Waals surface area contributed by atoms with Crippen LogP contribution in [0.3, 0.4) is 0 Å². The number of nitrogens with zero attached hydrogens (tertiary/aromatic N) is 3. The molecule has 30 heteroatoms. The fourth-order valence-electron chi connectivity index (χ4n) is 4.47. The summed E-state index contributed by atoms with van der Waals surface area (Å²) in [7, 11) is -18.4. The standard InChI is InChI=1S/C27H22N4O18S4.4K/c1-48-26(34)22-16(24(32)30(28-22)18-12-14(50(36,37)38)8-10-20(18)52(42,43)44)6-4-3-5-7-17-23(27(35)49-2)29-31(25(17)33)19-13-15(51(39,40)41)9-11-21(19)53(45,46)47;;;;/h3-13,28H,1-2H3,(H,36,37,38)(H,39,40,41)(H,42,43,44)(H,45,46,47);;;;/q;4*+1/b5-3+,6-4+,17-7+;;;;. The molecule has 22 nitrogen and oxygen atoms in total. The summed E-state index contributed by atoms with van der Waals surface area (Å²) in [6.07, 6.45) is 5.10. The topological polar surface area (TPSA) is 341 Å². The fourth-order valence-corrected chi connectivity index (χ4v) is 6.77. The molecular formula is C27H22K4N4O18S4+4. The van der Waals surface area contributed by atoms with Crippen molar-refractivity contribution in [3.8, 4) is 5.69 Å². The molecule has 3 aromatic rings. The Labute approximate surface area is 493 Å². The number of aromatic nitrogens is 2. The second-order valence-electron chi connectivity index (χ2n) is 10.1. The number of ether oxygens (including phenoxy) is 2. The normalized spacial score (nSPS) is 14.0. The van der Waals surface area contributed by atoms with Crippen LogP contribution in [0, 0.1) is 0 Å². The number of carbonyl (C=O) groups excluding carboxylic acids is 3. The van der Waals surface area contributed by atoms with Crippen molar-refractivity contribution in [3.63, 3.8) is 0 Å². The molecule has 0 saturated carbocycles. The van der Waals surface area contributed by atoms with Crippen molar-refractivity contribution in [1.29, 1.82) is 0 Å². The van der Waals surface area contributed by atoms with Gasteiger partial charge in [-0.3, -0.25) is 32.9 Å². The van der Waals surface area contributed by atoms with Gasteiger partial charge in [-0.15, -0.1) is 0 Å². The number of benzene rings is 2. The van der Waals surface area contributed by atoms with Crippen molar-refractivity contribution in [2.24, 2.45) is 5.10 Å². The number of hydrazone groups is 1. The average molecular weight is 975 g/mol. The van der Waals surface area contributed by atoms with E-state index >= 15 is 0 Å². The predicted molar refractivity (Wildman–Crippen MR) is 177 cm³/mol. The molecular weight excluding hydrogens is 953 g/mol. The van der Waals surface area contributed by atoms with Gasteiger partial charge in [-0.2, -0.15) is 43.8 Å². The van der Waals surface area contributed by atoms with Crippen molar-refractivity contribution < 1.29 is 281 Å². The van der Waals surface area contributed by atoms with Gasteiger partial charge in [0, 0.05) is 0 Å². The summed E-state index contributed by atoms with van der Waals surface area (Å²) in [6, 6.07) is 3.33. The number of aromatic amines is 1. The molecule has 0 spiro atoms. The smallest absolute Gasteiger partial charge is 0.464 e. The summed E-state index contributed by atoms with van der Waals surface area (Å²) >= 11 is 0. The molecule has 2 heterocycles. The number of allylic oxidation sites excluding steroid dienone is 4. The van der Waals surface area contributed by atoms with Crippen LogP contribution >= 0.6 is 0 Å². The van der Waals surface area contributed by atoms with Gasteiger partial charge in [-0.25, -0.2) is 14.3 Å². The second-order valence-corrected chi connectivity index (χ2v) is 15.7. The molecule has 1 amide bonds. The summed E-state index contributed by atoms with van der Waals surface area (Å²) in [5.41, 5.74) is -5.43. The first-order valence-corrected chi connectivity index (χ1v) is 19.4. The molecule has 1 aromatic heterocycles. The van der Waals surface area contributed by atoms with Gasteiger partial charge in [0.05, 0.1) is 46.5 Å². The van der Waals surface area contributed by atoms with Gasteiger partial charge in [0.1, 0.15) is 9.79 Å². The molecule has 5 N–H and O–H groups in total. The van der Waals surface area contributed by atoms with Crippen molar-refractivity contribution >= 4 is 75.8 Å². The van der Waals surface area contributed by atoms with Crippen LogP contribution in [-0.4, -0.2) is 99.4 Å². The number of H-pyrrole nitrogens is 1. The quantitative estimate of drug-likeness (QED) is 0.0392. The van der Waals surface area contributed by atoms with E-state index in [9.17, 15) is 71.1 Å². The predicted octanol–water partition coefficient (Wildman–Crippen LogP) is -12.0. The van der Waals surface area contributed by atoms with Crippen LogP contribution in [0.1, 0.15) is 16.1 Å². The number of hydrogen-bond acceptors (Lipinski definition) is 15. The van der Waals surface area contributed by atoms with E-state index in [-0.39, 0.29) is 211 Å². The van der Waals surface area contributed by atoms with Crippen LogP contribution in [0.25, 0.3) is 11.8 Å². The molecule has 0 fully saturated rings. The van der Waals surface area contributed by atoms with E-state index in [0.29, 0.717) is 41.1 Å². The minimum absolute atomic E-state index is 0. The molecule has 0 atom stereocenters. The Kier molecular flexibility index (Phi) is 23.4. The van der Waals surface area contributed by atoms with E-state index in [4.69, 9.17) is 0 Å². The molecule has 1 aliphatic rings. The number of nitrogens with one attached hydrogen (secondary N) is 1. The van der Waals surface area contributed by atoms with E-state index < -0.39 is 117 Å². The largest absolute Gasteiger partial charge is 1.00 e. The molecule has 0 unspecified atom stereocenters. The molecule has 1 aliphatic heterocycles. The maximum atomic E-state index is 13.4. The van der Waals surface area contributed by atoms with Crippen molar-refractivity contribution in [2.45, 2.75) is 19.6 Å². The van der Waals surface area contributed by atoms with Crippen LogP contribution in [-0.2, 0) is 59.5 Å². The number of amides is 1. The third kappa shape index (κ3) is 14.0. The minimum Gasteiger partial charge on any atom is -0.464 e. The van der Waals surface area contributed by atoms with Crippen molar-refractivity contribution in [2.75, 3.05) is 19.2 Å². The zero-order valence-electron chi connectivity index (χ0n) is 30.3. The molecule has 2 aromatic carbocycles. The van der Waals surface area contributed by atoms with Gasteiger partial charge < -0.3 is 9.47 Å². The Hall–Kier alpha value is 0.935. The molecule has 0 bridgehead atoms. The zero-order chi connectivity index (χ0) is 39.8. The Morgan fingerprint density at radius 1 is 0.684 bits per heavy atom. The molecule has 0 saturated heterocycles. The molecule has 0 aliphatic carbocycles. The van der Waals surface area contributed by atoms with Gasteiger partial charge in [0.25, 0.3) is 51.9 Å². The Morgan fingerprint density at radius 2 is 1.16 bits per heavy atom. The fraction of sp³-hybridized carbons (Fsp3) is 0.0741. The monoisotopic (exact) mass is 974 g/mol. The maximum Gasteiger partial charge on any atom is 1.00 e. The summed E-state index contributed by atoms with van der Waals surface area (Å²) in [4.78, 5) is 47.9. The summed E-state index contributed by atoms with van der Waals surface area (Å²) in [6.45, 7) is 0. The van der Waals surface area contributed by atoms with Gasteiger partial charge in [-0.1, -0.05) is 18.2 Å². The number of carbonyl (C=O) groups is 3. The van der Waals surface area contributed by atoms with Crippen LogP contribution < -0.4 is 216 Å². The number of rotatable bonds is 11. The Balaban J connectivity index is 0.00000784. The molecule has 282 valence electrons. The van der Waals surface area contributed by atoms with E-state index in [1.54, 1.807) is 0 Å². The van der Waals surface area contributed by atoms with Crippen molar-refractivity contribution in [3.05, 3.63) is 87.9 Å². The molecule has 4 rings (SSSR count). The maximum absolute atomic E-state index is 13.4. The van der Waals surface area contributed by atoms with Crippen LogP contribution in [0.2, 0.25) is 0 Å². The first kappa shape index (κ1) is 57.9.